The number of benzene rings is 3. The molecule has 1 saturated heterocycles. The van der Waals surface area contributed by atoms with E-state index in [0.717, 1.165) is 40.9 Å². The first-order valence-electron chi connectivity index (χ1n) is 13.7. The number of amides is 1. The van der Waals surface area contributed by atoms with Gasteiger partial charge in [0.15, 0.2) is 5.16 Å². The van der Waals surface area contributed by atoms with E-state index in [0.29, 0.717) is 26.7 Å². The van der Waals surface area contributed by atoms with Gasteiger partial charge in [-0.05, 0) is 72.3 Å². The molecule has 1 aliphatic heterocycles. The molecule has 44 heavy (non-hydrogen) atoms. The van der Waals surface area contributed by atoms with Crippen LogP contribution in [0.2, 0.25) is 10.0 Å². The summed E-state index contributed by atoms with van der Waals surface area (Å²) in [5.74, 6) is -0.274. The first kappa shape index (κ1) is 34.1. The molecule has 1 amide bonds. The summed E-state index contributed by atoms with van der Waals surface area (Å²) in [4.78, 5) is 17.7. The lowest BCUT2D eigenvalue weighted by molar-refractivity contribution is -0.106. The minimum Gasteiger partial charge on any atom is -0.495 e. The van der Waals surface area contributed by atoms with E-state index >= 15 is 4.39 Å². The third kappa shape index (κ3) is 8.07. The van der Waals surface area contributed by atoms with Crippen LogP contribution in [-0.2, 0) is 16.0 Å². The van der Waals surface area contributed by atoms with Crippen molar-refractivity contribution < 1.29 is 18.3 Å². The second kappa shape index (κ2) is 15.5. The summed E-state index contributed by atoms with van der Waals surface area (Å²) in [5, 5.41) is 3.90. The number of ether oxygens (including phenoxy) is 1. The molecular formula is C31H33Cl2F2N5O2S2. The van der Waals surface area contributed by atoms with Gasteiger partial charge in [0.1, 0.15) is 17.4 Å². The Labute approximate surface area is 274 Å². The zero-order chi connectivity index (χ0) is 31.9. The van der Waals surface area contributed by atoms with Crippen molar-refractivity contribution in [3.8, 4) is 11.4 Å². The maximum absolute atomic E-state index is 15.2. The molecule has 1 aliphatic rings. The summed E-state index contributed by atoms with van der Waals surface area (Å²) in [6.45, 7) is 6.12. The Morgan fingerprint density at radius 2 is 1.80 bits per heavy atom. The third-order valence-electron chi connectivity index (χ3n) is 7.17. The predicted molar refractivity (Wildman–Crippen MR) is 175 cm³/mol. The Morgan fingerprint density at radius 1 is 1.07 bits per heavy atom. The zero-order valence-corrected chi connectivity index (χ0v) is 27.6. The molecule has 13 heteroatoms. The second-order valence-corrected chi connectivity index (χ2v) is 13.0. The maximum Gasteiger partial charge on any atom is 0.204 e. The number of nitrogens with zero attached hydrogens (tertiary/aromatic N) is 3. The van der Waals surface area contributed by atoms with Gasteiger partial charge in [-0.1, -0.05) is 60.9 Å². The molecule has 0 radical (unpaired) electrons. The smallest absolute Gasteiger partial charge is 0.204 e. The van der Waals surface area contributed by atoms with E-state index in [1.54, 1.807) is 35.9 Å². The highest BCUT2D eigenvalue weighted by molar-refractivity contribution is 7.98. The van der Waals surface area contributed by atoms with Gasteiger partial charge in [0.25, 0.3) is 0 Å². The molecule has 0 atom stereocenters. The number of hydrogen-bond acceptors (Lipinski definition) is 7. The van der Waals surface area contributed by atoms with Crippen molar-refractivity contribution in [1.82, 2.24) is 19.4 Å². The summed E-state index contributed by atoms with van der Waals surface area (Å²) in [6, 6.07) is 15.1. The number of hydrogen-bond donors (Lipinski definition) is 2. The van der Waals surface area contributed by atoms with Gasteiger partial charge in [-0.2, -0.15) is 4.83 Å². The van der Waals surface area contributed by atoms with Crippen molar-refractivity contribution in [2.75, 3.05) is 20.2 Å². The van der Waals surface area contributed by atoms with Crippen LogP contribution in [0.25, 0.3) is 5.69 Å². The van der Waals surface area contributed by atoms with Gasteiger partial charge < -0.3 is 10.5 Å². The Balaban J connectivity index is 0.00000141. The third-order valence-corrected chi connectivity index (χ3v) is 9.68. The van der Waals surface area contributed by atoms with E-state index in [-0.39, 0.29) is 12.1 Å². The van der Waals surface area contributed by atoms with E-state index in [1.165, 1.54) is 36.7 Å². The molecule has 3 aromatic carbocycles. The van der Waals surface area contributed by atoms with Crippen molar-refractivity contribution in [3.63, 3.8) is 0 Å². The van der Waals surface area contributed by atoms with E-state index < -0.39 is 17.0 Å². The van der Waals surface area contributed by atoms with E-state index in [4.69, 9.17) is 32.7 Å². The molecule has 1 fully saturated rings. The van der Waals surface area contributed by atoms with Gasteiger partial charge >= 0.3 is 0 Å². The summed E-state index contributed by atoms with van der Waals surface area (Å²) in [6.07, 6.45) is 4.39. The van der Waals surface area contributed by atoms with Crippen molar-refractivity contribution in [1.29, 1.82) is 0 Å². The van der Waals surface area contributed by atoms with Crippen LogP contribution in [0.15, 0.2) is 70.8 Å². The molecule has 0 saturated carbocycles. The molecule has 0 unspecified atom stereocenters. The van der Waals surface area contributed by atoms with Crippen LogP contribution in [0.4, 0.5) is 8.78 Å². The van der Waals surface area contributed by atoms with Crippen LogP contribution in [0.5, 0.6) is 5.75 Å². The number of nitrogens with two attached hydrogens (primary N) is 1. The topological polar surface area (TPSA) is 85.4 Å². The number of primary amides is 1. The highest BCUT2D eigenvalue weighted by Crippen LogP contribution is 2.40. The lowest BCUT2D eigenvalue weighted by Crippen LogP contribution is -2.29. The number of carbonyl (C=O) groups excluding carboxylic acids is 1. The van der Waals surface area contributed by atoms with Crippen LogP contribution in [-0.4, -0.2) is 41.2 Å². The molecule has 3 N–H and O–H groups in total. The SMILES string of the molecule is COc1cc(C(C)(C)c2cnc(SCc3ccc(SNN4CCCC4)cc3Cl)n2-c2ccc(F)cc2F)ccc1Cl.NC=O. The second-order valence-electron chi connectivity index (χ2n) is 10.4. The van der Waals surface area contributed by atoms with E-state index in [1.807, 2.05) is 44.2 Å². The van der Waals surface area contributed by atoms with Crippen molar-refractivity contribution in [2.45, 2.75) is 47.9 Å². The fourth-order valence-corrected chi connectivity index (χ4v) is 7.05. The number of carbonyl (C=O) groups is 1. The minimum atomic E-state index is -0.680. The highest BCUT2D eigenvalue weighted by atomic mass is 35.5. The summed E-state index contributed by atoms with van der Waals surface area (Å²) < 4.78 is 36.3. The lowest BCUT2D eigenvalue weighted by atomic mass is 9.81. The van der Waals surface area contributed by atoms with Gasteiger partial charge in [0, 0.05) is 40.2 Å². The standard InChI is InChI=1S/C30H30Cl2F2N4OS2.CH3NO/c1-30(2,20-7-10-23(31)27(14-20)39-3)28-17-35-29(38(28)26-11-8-21(33)15-25(26)34)40-18-19-6-9-22(16-24(19)32)41-36-37-12-4-5-13-37;2-1-3/h6-11,14-17,36H,4-5,12-13,18H2,1-3H3;1H,(H2,2,3). The number of aromatic nitrogens is 2. The number of methoxy groups -OCH3 is 1. The fourth-order valence-electron chi connectivity index (χ4n) is 4.75. The largest absolute Gasteiger partial charge is 0.495 e. The van der Waals surface area contributed by atoms with Crippen LogP contribution in [0.1, 0.15) is 43.5 Å². The van der Waals surface area contributed by atoms with Crippen LogP contribution >= 0.6 is 46.9 Å². The first-order valence-corrected chi connectivity index (χ1v) is 16.3. The summed E-state index contributed by atoms with van der Waals surface area (Å²) >= 11 is 15.9. The molecule has 234 valence electrons. The first-order chi connectivity index (χ1) is 21.1. The van der Waals surface area contributed by atoms with Gasteiger partial charge in [0.2, 0.25) is 6.41 Å². The summed E-state index contributed by atoms with van der Waals surface area (Å²) in [5.41, 5.74) is 6.29. The Kier molecular flexibility index (Phi) is 12.0. The monoisotopic (exact) mass is 679 g/mol. The molecule has 0 spiro atoms. The number of thioether (sulfide) groups is 1. The molecule has 0 aliphatic carbocycles. The van der Waals surface area contributed by atoms with Gasteiger partial charge in [-0.25, -0.2) is 18.8 Å². The van der Waals surface area contributed by atoms with Crippen LogP contribution in [0, 0.1) is 11.6 Å². The number of hydrazine groups is 1. The maximum atomic E-state index is 15.2. The highest BCUT2D eigenvalue weighted by Gasteiger charge is 2.31. The summed E-state index contributed by atoms with van der Waals surface area (Å²) in [7, 11) is 1.56. The van der Waals surface area contributed by atoms with Crippen molar-refractivity contribution in [3.05, 3.63) is 99.3 Å². The quantitative estimate of drug-likeness (QED) is 0.101. The molecule has 0 bridgehead atoms. The normalized spacial score (nSPS) is 13.4. The minimum absolute atomic E-state index is 0.209. The van der Waals surface area contributed by atoms with Crippen LogP contribution < -0.4 is 15.3 Å². The number of rotatable bonds is 10. The Morgan fingerprint density at radius 3 is 2.45 bits per heavy atom. The average molecular weight is 681 g/mol. The molecule has 4 aromatic rings. The number of halogens is 4. The number of nitrogens with one attached hydrogen (secondary N) is 1. The molecule has 5 rings (SSSR count). The van der Waals surface area contributed by atoms with Crippen molar-refractivity contribution in [2.24, 2.45) is 5.73 Å². The van der Waals surface area contributed by atoms with Crippen LogP contribution in [0.3, 0.4) is 0 Å². The van der Waals surface area contributed by atoms with E-state index in [2.05, 4.69) is 20.6 Å². The Hall–Kier alpha value is -2.80. The molecular weight excluding hydrogens is 647 g/mol. The predicted octanol–water partition coefficient (Wildman–Crippen LogP) is 7.79. The lowest BCUT2D eigenvalue weighted by Gasteiger charge is -2.28. The molecule has 7 nitrogen and oxygen atoms in total. The molecule has 1 aromatic heterocycles. The zero-order valence-electron chi connectivity index (χ0n) is 24.5. The van der Waals surface area contributed by atoms with E-state index in [9.17, 15) is 4.39 Å². The van der Waals surface area contributed by atoms with Gasteiger partial charge in [-0.3, -0.25) is 9.36 Å². The number of imidazole rings is 1. The Bertz CT molecular complexity index is 1600. The van der Waals surface area contributed by atoms with Gasteiger partial charge in [-0.15, -0.1) is 0 Å². The van der Waals surface area contributed by atoms with Crippen molar-refractivity contribution >= 4 is 53.3 Å². The fraction of sp³-hybridized carbons (Fsp3) is 0.290. The van der Waals surface area contributed by atoms with Gasteiger partial charge in [0.05, 0.1) is 29.7 Å². The molecule has 2 heterocycles. The average Bonchev–Trinajstić information content (AvgIpc) is 3.67.